The minimum absolute atomic E-state index is 0.176. The van der Waals surface area contributed by atoms with Gasteiger partial charge >= 0.3 is 5.97 Å². The van der Waals surface area contributed by atoms with E-state index in [1.807, 2.05) is 0 Å². The Bertz CT molecular complexity index is 699. The van der Waals surface area contributed by atoms with Crippen LogP contribution in [0.25, 0.3) is 0 Å². The summed E-state index contributed by atoms with van der Waals surface area (Å²) in [6, 6.07) is 6.49. The molecule has 24 heavy (non-hydrogen) atoms. The third kappa shape index (κ3) is 5.05. The molecule has 0 saturated heterocycles. The third-order valence-electron chi connectivity index (χ3n) is 2.96. The molecule has 0 fully saturated rings. The molecule has 1 N–H and O–H groups in total. The highest BCUT2D eigenvalue weighted by Gasteiger charge is 2.11. The number of thioether (sulfide) groups is 1. The van der Waals surface area contributed by atoms with E-state index >= 15 is 0 Å². The van der Waals surface area contributed by atoms with Gasteiger partial charge in [-0.2, -0.15) is 0 Å². The smallest absolute Gasteiger partial charge is 0.337 e. The minimum atomic E-state index is -0.416. The monoisotopic (exact) mass is 349 g/mol. The number of hydrogen-bond acceptors (Lipinski definition) is 7. The number of nitrogens with zero attached hydrogens (tertiary/aromatic N) is 4. The number of nitrogens with one attached hydrogen (secondary N) is 1. The normalized spacial score (nSPS) is 10.7. The van der Waals surface area contributed by atoms with Crippen LogP contribution in [0.1, 0.15) is 24.2 Å². The van der Waals surface area contributed by atoms with Crippen LogP contribution in [0.4, 0.5) is 5.69 Å². The fraction of sp³-hybridized carbons (Fsp3) is 0.400. The molecule has 0 spiro atoms. The lowest BCUT2D eigenvalue weighted by atomic mass is 10.2. The van der Waals surface area contributed by atoms with Crippen molar-refractivity contribution in [2.24, 2.45) is 5.92 Å². The molecular formula is C15H19N5O3S. The van der Waals surface area contributed by atoms with Gasteiger partial charge in [-0.3, -0.25) is 4.79 Å². The van der Waals surface area contributed by atoms with E-state index in [0.29, 0.717) is 28.9 Å². The van der Waals surface area contributed by atoms with Gasteiger partial charge in [0, 0.05) is 12.2 Å². The average molecular weight is 349 g/mol. The van der Waals surface area contributed by atoms with E-state index in [2.05, 4.69) is 39.4 Å². The average Bonchev–Trinajstić information content (AvgIpc) is 2.99. The van der Waals surface area contributed by atoms with Crippen LogP contribution in [-0.2, 0) is 16.1 Å². The quantitative estimate of drug-likeness (QED) is 0.601. The summed E-state index contributed by atoms with van der Waals surface area (Å²) in [5.74, 6) is 0.0114. The first-order chi connectivity index (χ1) is 11.5. The first-order valence-electron chi connectivity index (χ1n) is 7.36. The summed E-state index contributed by atoms with van der Waals surface area (Å²) in [6.07, 6.45) is 0. The Labute approximate surface area is 144 Å². The topological polar surface area (TPSA) is 99.0 Å². The molecule has 2 aromatic rings. The van der Waals surface area contributed by atoms with E-state index in [-0.39, 0.29) is 11.7 Å². The maximum atomic E-state index is 12.0. The molecule has 1 heterocycles. The van der Waals surface area contributed by atoms with Crippen molar-refractivity contribution in [2.75, 3.05) is 18.2 Å². The number of rotatable bonds is 7. The van der Waals surface area contributed by atoms with E-state index in [0.717, 1.165) is 0 Å². The molecule has 9 heteroatoms. The number of tetrazole rings is 1. The van der Waals surface area contributed by atoms with Crippen LogP contribution >= 0.6 is 11.8 Å². The largest absolute Gasteiger partial charge is 0.465 e. The maximum absolute atomic E-state index is 12.0. The van der Waals surface area contributed by atoms with Gasteiger partial charge in [0.05, 0.1) is 18.4 Å². The van der Waals surface area contributed by atoms with Gasteiger partial charge in [0.2, 0.25) is 11.1 Å². The van der Waals surface area contributed by atoms with Crippen LogP contribution in [0.5, 0.6) is 0 Å². The predicted molar refractivity (Wildman–Crippen MR) is 89.8 cm³/mol. The number of carbonyl (C=O) groups excluding carboxylic acids is 2. The van der Waals surface area contributed by atoms with Crippen molar-refractivity contribution in [1.29, 1.82) is 0 Å². The van der Waals surface area contributed by atoms with Gasteiger partial charge in [-0.25, -0.2) is 9.48 Å². The van der Waals surface area contributed by atoms with Crippen LogP contribution in [0.3, 0.4) is 0 Å². The van der Waals surface area contributed by atoms with E-state index in [1.165, 1.54) is 18.9 Å². The Morgan fingerprint density at radius 2 is 2.00 bits per heavy atom. The van der Waals surface area contributed by atoms with Gasteiger partial charge in [0.1, 0.15) is 0 Å². The van der Waals surface area contributed by atoms with Crippen molar-refractivity contribution in [3.05, 3.63) is 29.8 Å². The number of aromatic nitrogens is 4. The van der Waals surface area contributed by atoms with Gasteiger partial charge < -0.3 is 10.1 Å². The van der Waals surface area contributed by atoms with Crippen molar-refractivity contribution >= 4 is 29.3 Å². The second kappa shape index (κ2) is 8.44. The number of anilines is 1. The van der Waals surface area contributed by atoms with E-state index in [1.54, 1.807) is 28.9 Å². The fourth-order valence-electron chi connectivity index (χ4n) is 1.89. The molecule has 0 saturated carbocycles. The summed E-state index contributed by atoms with van der Waals surface area (Å²) in [5.41, 5.74) is 1.03. The van der Waals surface area contributed by atoms with Crippen molar-refractivity contribution in [3.8, 4) is 0 Å². The molecule has 2 rings (SSSR count). The van der Waals surface area contributed by atoms with E-state index in [4.69, 9.17) is 0 Å². The molecule has 0 radical (unpaired) electrons. The zero-order chi connectivity index (χ0) is 17.5. The van der Waals surface area contributed by atoms with E-state index in [9.17, 15) is 9.59 Å². The number of hydrogen-bond donors (Lipinski definition) is 1. The number of carbonyl (C=O) groups is 2. The summed E-state index contributed by atoms with van der Waals surface area (Å²) >= 11 is 1.28. The van der Waals surface area contributed by atoms with Gasteiger partial charge in [0.15, 0.2) is 0 Å². The highest BCUT2D eigenvalue weighted by Crippen LogP contribution is 2.16. The second-order valence-corrected chi connectivity index (χ2v) is 6.39. The molecule has 0 aliphatic rings. The lowest BCUT2D eigenvalue weighted by molar-refractivity contribution is -0.113. The van der Waals surface area contributed by atoms with Crippen molar-refractivity contribution in [2.45, 2.75) is 25.5 Å². The lowest BCUT2D eigenvalue weighted by Crippen LogP contribution is -2.15. The number of methoxy groups -OCH3 is 1. The van der Waals surface area contributed by atoms with Crippen LogP contribution in [0, 0.1) is 5.92 Å². The predicted octanol–water partition coefficient (Wildman–Crippen LogP) is 1.85. The highest BCUT2D eigenvalue weighted by molar-refractivity contribution is 7.99. The molecule has 0 aliphatic heterocycles. The number of amides is 1. The SMILES string of the molecule is COC(=O)c1ccc(NC(=O)CSc2nnnn2CC(C)C)cc1. The van der Waals surface area contributed by atoms with Gasteiger partial charge in [-0.15, -0.1) is 5.10 Å². The van der Waals surface area contributed by atoms with Gasteiger partial charge in [-0.05, 0) is 40.6 Å². The third-order valence-corrected chi connectivity index (χ3v) is 3.92. The van der Waals surface area contributed by atoms with E-state index < -0.39 is 5.97 Å². The second-order valence-electron chi connectivity index (χ2n) is 5.44. The minimum Gasteiger partial charge on any atom is -0.465 e. The number of benzene rings is 1. The fourth-order valence-corrected chi connectivity index (χ4v) is 2.58. The highest BCUT2D eigenvalue weighted by atomic mass is 32.2. The van der Waals surface area contributed by atoms with Gasteiger partial charge in [-0.1, -0.05) is 25.6 Å². The summed E-state index contributed by atoms with van der Waals surface area (Å²) < 4.78 is 6.31. The molecule has 128 valence electrons. The molecule has 1 aromatic carbocycles. The maximum Gasteiger partial charge on any atom is 0.337 e. The van der Waals surface area contributed by atoms with Crippen LogP contribution in [0.15, 0.2) is 29.4 Å². The number of esters is 1. The van der Waals surface area contributed by atoms with Crippen molar-refractivity contribution in [1.82, 2.24) is 20.2 Å². The molecule has 8 nitrogen and oxygen atoms in total. The molecule has 0 bridgehead atoms. The molecule has 1 aromatic heterocycles. The molecule has 0 atom stereocenters. The lowest BCUT2D eigenvalue weighted by Gasteiger charge is -2.07. The summed E-state index contributed by atoms with van der Waals surface area (Å²) in [4.78, 5) is 23.4. The van der Waals surface area contributed by atoms with Crippen LogP contribution in [0.2, 0.25) is 0 Å². The molecule has 0 aliphatic carbocycles. The Morgan fingerprint density at radius 1 is 1.29 bits per heavy atom. The zero-order valence-electron chi connectivity index (χ0n) is 13.7. The Morgan fingerprint density at radius 3 is 2.62 bits per heavy atom. The van der Waals surface area contributed by atoms with Gasteiger partial charge in [0.25, 0.3) is 0 Å². The Hall–Kier alpha value is -2.42. The van der Waals surface area contributed by atoms with Crippen molar-refractivity contribution < 1.29 is 14.3 Å². The molecule has 1 amide bonds. The van der Waals surface area contributed by atoms with Crippen molar-refractivity contribution in [3.63, 3.8) is 0 Å². The Kier molecular flexibility index (Phi) is 6.30. The summed E-state index contributed by atoms with van der Waals surface area (Å²) in [7, 11) is 1.32. The summed E-state index contributed by atoms with van der Waals surface area (Å²) in [5, 5.41) is 14.8. The molecule has 0 unspecified atom stereocenters. The standard InChI is InChI=1S/C15H19N5O3S/c1-10(2)8-20-15(17-18-19-20)24-9-13(21)16-12-6-4-11(5-7-12)14(22)23-3/h4-7,10H,8-9H2,1-3H3,(H,16,21). The summed E-state index contributed by atoms with van der Waals surface area (Å²) in [6.45, 7) is 4.84. The van der Waals surface area contributed by atoms with Crippen LogP contribution in [-0.4, -0.2) is 44.9 Å². The first kappa shape index (κ1) is 17.9. The Balaban J connectivity index is 1.87. The van der Waals surface area contributed by atoms with Crippen LogP contribution < -0.4 is 5.32 Å². The number of ether oxygens (including phenoxy) is 1. The molecular weight excluding hydrogens is 330 g/mol. The first-order valence-corrected chi connectivity index (χ1v) is 8.35. The zero-order valence-corrected chi connectivity index (χ0v) is 14.5.